The molecule has 2 heterocycles. The second-order valence-corrected chi connectivity index (χ2v) is 12.7. The number of nitrogens with one attached hydrogen (secondary N) is 1. The van der Waals surface area contributed by atoms with Gasteiger partial charge in [-0.15, -0.1) is 0 Å². The average Bonchev–Trinajstić information content (AvgIpc) is 3.21. The van der Waals surface area contributed by atoms with Crippen LogP contribution >= 0.6 is 0 Å². The molecule has 4 heteroatoms. The summed E-state index contributed by atoms with van der Waals surface area (Å²) < 4.78 is 0. The minimum absolute atomic E-state index is 0.415. The topological polar surface area (TPSA) is 21.8 Å². The van der Waals surface area contributed by atoms with E-state index in [1.807, 2.05) is 0 Å². The molecule has 212 valence electrons. The van der Waals surface area contributed by atoms with E-state index in [4.69, 9.17) is 0 Å². The van der Waals surface area contributed by atoms with Gasteiger partial charge in [0, 0.05) is 57.0 Å². The van der Waals surface area contributed by atoms with Gasteiger partial charge in [-0.3, -0.25) is 0 Å². The van der Waals surface area contributed by atoms with Crippen molar-refractivity contribution in [2.45, 2.75) is 96.6 Å². The van der Waals surface area contributed by atoms with Gasteiger partial charge in [0.05, 0.1) is 0 Å². The number of hydrogen-bond donors (Lipinski definition) is 1. The summed E-state index contributed by atoms with van der Waals surface area (Å²) in [6.07, 6.45) is 19.0. The minimum Gasteiger partial charge on any atom is -0.372 e. The number of benzene rings is 1. The summed E-state index contributed by atoms with van der Waals surface area (Å²) in [5.41, 5.74) is 5.80. The van der Waals surface area contributed by atoms with Crippen molar-refractivity contribution < 1.29 is 0 Å². The fourth-order valence-corrected chi connectivity index (χ4v) is 6.64. The normalized spacial score (nSPS) is 25.0. The molecule has 1 N–H and O–H groups in total. The van der Waals surface area contributed by atoms with E-state index in [0.717, 1.165) is 12.3 Å². The first-order valence-electron chi connectivity index (χ1n) is 15.8. The molecular weight excluding hydrogens is 464 g/mol. The molecule has 0 spiro atoms. The zero-order chi connectivity index (χ0) is 26.7. The van der Waals surface area contributed by atoms with Crippen LogP contribution in [-0.2, 0) is 6.42 Å². The lowest BCUT2D eigenvalue weighted by Gasteiger charge is -2.32. The second kappa shape index (κ2) is 15.2. The number of hydrogen-bond acceptors (Lipinski definition) is 4. The zero-order valence-electron chi connectivity index (χ0n) is 24.9. The van der Waals surface area contributed by atoms with Crippen molar-refractivity contribution in [3.8, 4) is 0 Å². The Morgan fingerprint density at radius 1 is 1.00 bits per heavy atom. The number of allylic oxidation sites excluding steroid dienone is 2. The average molecular weight is 521 g/mol. The number of rotatable bonds is 11. The van der Waals surface area contributed by atoms with Gasteiger partial charge in [-0.25, -0.2) is 0 Å². The van der Waals surface area contributed by atoms with E-state index >= 15 is 0 Å². The molecule has 0 aromatic heterocycles. The maximum Gasteiger partial charge on any atom is 0.0369 e. The molecule has 1 aliphatic carbocycles. The highest BCUT2D eigenvalue weighted by Crippen LogP contribution is 2.31. The highest BCUT2D eigenvalue weighted by molar-refractivity contribution is 5.51. The molecule has 1 aromatic carbocycles. The van der Waals surface area contributed by atoms with Gasteiger partial charge in [0.1, 0.15) is 0 Å². The zero-order valence-corrected chi connectivity index (χ0v) is 24.9. The summed E-state index contributed by atoms with van der Waals surface area (Å²) in [4.78, 5) is 7.66. The third kappa shape index (κ3) is 9.54. The van der Waals surface area contributed by atoms with Crippen molar-refractivity contribution in [1.29, 1.82) is 0 Å². The molecule has 3 aliphatic rings. The van der Waals surface area contributed by atoms with E-state index in [1.165, 1.54) is 127 Å². The largest absolute Gasteiger partial charge is 0.372 e. The van der Waals surface area contributed by atoms with Gasteiger partial charge in [-0.05, 0) is 114 Å². The van der Waals surface area contributed by atoms with Crippen LogP contribution < -0.4 is 10.2 Å². The van der Waals surface area contributed by atoms with Gasteiger partial charge in [-0.2, -0.15) is 0 Å². The van der Waals surface area contributed by atoms with Gasteiger partial charge < -0.3 is 20.0 Å². The molecule has 0 radical (unpaired) electrons. The lowest BCUT2D eigenvalue weighted by atomic mass is 9.81. The summed E-state index contributed by atoms with van der Waals surface area (Å²) in [7, 11) is 2.22. The number of anilines is 1. The SMILES string of the molecule is C=C(/C=C\C(C)NC1CCC(Cc2cc(N3CCCCCC3)ccc2C)CC1)CCCN1CCN(C)CC1. The fourth-order valence-electron chi connectivity index (χ4n) is 6.64. The molecule has 3 fully saturated rings. The Morgan fingerprint density at radius 2 is 1.71 bits per heavy atom. The Bertz CT molecular complexity index is 868. The second-order valence-electron chi connectivity index (χ2n) is 12.7. The highest BCUT2D eigenvalue weighted by Gasteiger charge is 2.23. The Morgan fingerprint density at radius 3 is 2.42 bits per heavy atom. The van der Waals surface area contributed by atoms with Gasteiger partial charge in [0.15, 0.2) is 0 Å². The van der Waals surface area contributed by atoms with Crippen LogP contribution in [0.4, 0.5) is 5.69 Å². The molecule has 1 saturated carbocycles. The van der Waals surface area contributed by atoms with E-state index in [9.17, 15) is 0 Å². The van der Waals surface area contributed by atoms with Gasteiger partial charge in [0.2, 0.25) is 0 Å². The van der Waals surface area contributed by atoms with E-state index < -0.39 is 0 Å². The molecule has 1 unspecified atom stereocenters. The third-order valence-electron chi connectivity index (χ3n) is 9.35. The summed E-state index contributed by atoms with van der Waals surface area (Å²) in [6.45, 7) is 17.4. The summed E-state index contributed by atoms with van der Waals surface area (Å²) in [5.74, 6) is 0.831. The van der Waals surface area contributed by atoms with Crippen LogP contribution in [0.25, 0.3) is 0 Å². The molecule has 38 heavy (non-hydrogen) atoms. The lowest BCUT2D eigenvalue weighted by Crippen LogP contribution is -2.44. The predicted octanol–water partition coefficient (Wildman–Crippen LogP) is 6.59. The fraction of sp³-hybridized carbons (Fsp3) is 0.706. The molecule has 1 atom stereocenters. The number of likely N-dealkylation sites (N-methyl/N-ethyl adjacent to an activating group) is 1. The van der Waals surface area contributed by atoms with Crippen LogP contribution in [0.3, 0.4) is 0 Å². The number of piperazine rings is 1. The smallest absolute Gasteiger partial charge is 0.0369 e. The van der Waals surface area contributed by atoms with Crippen LogP contribution in [0, 0.1) is 12.8 Å². The van der Waals surface area contributed by atoms with Gasteiger partial charge in [-0.1, -0.05) is 43.2 Å². The minimum atomic E-state index is 0.415. The third-order valence-corrected chi connectivity index (χ3v) is 9.35. The predicted molar refractivity (Wildman–Crippen MR) is 165 cm³/mol. The molecule has 0 amide bonds. The first kappa shape index (κ1) is 29.4. The molecule has 1 aromatic rings. The van der Waals surface area contributed by atoms with Crippen LogP contribution in [0.5, 0.6) is 0 Å². The van der Waals surface area contributed by atoms with E-state index in [-0.39, 0.29) is 0 Å². The van der Waals surface area contributed by atoms with Gasteiger partial charge in [0.25, 0.3) is 0 Å². The lowest BCUT2D eigenvalue weighted by molar-refractivity contribution is 0.153. The Kier molecular flexibility index (Phi) is 11.8. The summed E-state index contributed by atoms with van der Waals surface area (Å²) in [6, 6.07) is 8.33. The molecule has 2 aliphatic heterocycles. The van der Waals surface area contributed by atoms with Crippen molar-refractivity contribution >= 4 is 5.69 Å². The summed E-state index contributed by atoms with van der Waals surface area (Å²) >= 11 is 0. The Labute approximate surface area is 234 Å². The molecule has 2 saturated heterocycles. The standard InChI is InChI=1S/C34H56N4/c1-28(10-9-19-37-24-22-36(4)23-25-37)11-13-30(3)35-33-16-14-31(15-17-33)26-32-27-34(18-12-29(32)2)38-20-7-5-6-8-21-38/h11-13,18,27,30-31,33,35H,1,5-10,14-17,19-26H2,2-4H3/b13-11-. The molecule has 4 nitrogen and oxygen atoms in total. The van der Waals surface area contributed by atoms with E-state index in [2.05, 4.69) is 77.8 Å². The maximum absolute atomic E-state index is 4.32. The van der Waals surface area contributed by atoms with Crippen molar-refractivity contribution in [2.24, 2.45) is 5.92 Å². The summed E-state index contributed by atoms with van der Waals surface area (Å²) in [5, 5.41) is 3.89. The number of aryl methyl sites for hydroxylation is 1. The molecular formula is C34H56N4. The van der Waals surface area contributed by atoms with Crippen LogP contribution in [0.15, 0.2) is 42.5 Å². The van der Waals surface area contributed by atoms with Crippen molar-refractivity contribution in [3.63, 3.8) is 0 Å². The van der Waals surface area contributed by atoms with Crippen molar-refractivity contribution in [1.82, 2.24) is 15.1 Å². The molecule has 0 bridgehead atoms. The van der Waals surface area contributed by atoms with Crippen LogP contribution in [0.2, 0.25) is 0 Å². The van der Waals surface area contributed by atoms with E-state index in [0.29, 0.717) is 12.1 Å². The van der Waals surface area contributed by atoms with Gasteiger partial charge >= 0.3 is 0 Å². The highest BCUT2D eigenvalue weighted by atomic mass is 15.2. The van der Waals surface area contributed by atoms with E-state index in [1.54, 1.807) is 5.56 Å². The first-order chi connectivity index (χ1) is 18.5. The monoisotopic (exact) mass is 520 g/mol. The van der Waals surface area contributed by atoms with Crippen LogP contribution in [0.1, 0.15) is 82.3 Å². The maximum atomic E-state index is 4.32. The Balaban J connectivity index is 1.14. The van der Waals surface area contributed by atoms with Crippen molar-refractivity contribution in [3.05, 3.63) is 53.6 Å². The first-order valence-corrected chi connectivity index (χ1v) is 15.8. The molecule has 4 rings (SSSR count). The number of nitrogens with zero attached hydrogens (tertiary/aromatic N) is 3. The van der Waals surface area contributed by atoms with Crippen LogP contribution in [-0.4, -0.2) is 74.7 Å². The quantitative estimate of drug-likeness (QED) is 0.332. The van der Waals surface area contributed by atoms with Crippen molar-refractivity contribution in [2.75, 3.05) is 57.8 Å². The Hall–Kier alpha value is -1.62.